The van der Waals surface area contributed by atoms with Crippen LogP contribution in [0.15, 0.2) is 41.3 Å². The molecule has 4 rings (SSSR count). The summed E-state index contributed by atoms with van der Waals surface area (Å²) in [5.41, 5.74) is 3.59. The van der Waals surface area contributed by atoms with Gasteiger partial charge in [0.1, 0.15) is 5.75 Å². The fraction of sp³-hybridized carbons (Fsp3) is 0.538. The van der Waals surface area contributed by atoms with Gasteiger partial charge in [-0.15, -0.1) is 0 Å². The Bertz CT molecular complexity index is 1060. The van der Waals surface area contributed by atoms with Crippen LogP contribution in [0, 0.1) is 5.92 Å². The number of aliphatic hydroxyl groups is 1. The lowest BCUT2D eigenvalue weighted by Gasteiger charge is -2.36. The minimum Gasteiger partial charge on any atom is -0.493 e. The highest BCUT2D eigenvalue weighted by molar-refractivity contribution is 7.92. The van der Waals surface area contributed by atoms with E-state index in [1.54, 1.807) is 22.5 Å². The molecular formula is C26H35NO5S. The highest BCUT2D eigenvalue weighted by Gasteiger charge is 2.34. The smallest absolute Gasteiger partial charge is 0.264 e. The molecule has 2 aliphatic heterocycles. The van der Waals surface area contributed by atoms with E-state index in [0.29, 0.717) is 23.8 Å². The summed E-state index contributed by atoms with van der Waals surface area (Å²) in [5, 5.41) is 9.94. The summed E-state index contributed by atoms with van der Waals surface area (Å²) in [5.74, 6) is 0.955. The lowest BCUT2D eigenvalue weighted by molar-refractivity contribution is 0.0494. The second kappa shape index (κ2) is 10.5. The quantitative estimate of drug-likeness (QED) is 0.612. The lowest BCUT2D eigenvalue weighted by Crippen LogP contribution is -2.42. The van der Waals surface area contributed by atoms with Gasteiger partial charge in [0, 0.05) is 24.8 Å². The highest BCUT2D eigenvalue weighted by Crippen LogP contribution is 2.37. The van der Waals surface area contributed by atoms with Gasteiger partial charge in [0.25, 0.3) is 10.0 Å². The number of fused-ring (bicyclic) bond motifs is 1. The minimum atomic E-state index is -3.78. The third kappa shape index (κ3) is 5.20. The van der Waals surface area contributed by atoms with E-state index in [2.05, 4.69) is 13.0 Å². The van der Waals surface area contributed by atoms with Gasteiger partial charge in [0.05, 0.1) is 23.8 Å². The van der Waals surface area contributed by atoms with Crippen molar-refractivity contribution in [1.82, 2.24) is 0 Å². The van der Waals surface area contributed by atoms with Gasteiger partial charge in [0.15, 0.2) is 0 Å². The molecule has 1 N–H and O–H groups in total. The average Bonchev–Trinajstić information content (AvgIpc) is 2.83. The normalized spacial score (nSPS) is 19.4. The molecule has 0 radical (unpaired) electrons. The molecule has 1 fully saturated rings. The Morgan fingerprint density at radius 1 is 1.12 bits per heavy atom. The zero-order chi connectivity index (χ0) is 23.4. The second-order valence-electron chi connectivity index (χ2n) is 9.20. The lowest BCUT2D eigenvalue weighted by atomic mass is 9.96. The number of sulfonamides is 1. The van der Waals surface area contributed by atoms with E-state index in [0.717, 1.165) is 63.0 Å². The zero-order valence-corrected chi connectivity index (χ0v) is 20.4. The number of anilines is 1. The van der Waals surface area contributed by atoms with E-state index in [9.17, 15) is 13.5 Å². The first-order chi connectivity index (χ1) is 15.9. The molecule has 2 aliphatic rings. The Balaban J connectivity index is 1.60. The SMILES string of the molecule is CCCc1ccc2c(c1)CCC(C)N2S(=O)(=O)c1ccc(OCC2CCOCC2)c(CO)c1. The van der Waals surface area contributed by atoms with Crippen molar-refractivity contribution in [2.45, 2.75) is 69.9 Å². The fourth-order valence-electron chi connectivity index (χ4n) is 4.80. The second-order valence-corrected chi connectivity index (χ2v) is 11.0. The van der Waals surface area contributed by atoms with E-state index in [-0.39, 0.29) is 17.5 Å². The number of hydrogen-bond donors (Lipinski definition) is 1. The molecule has 2 aromatic rings. The molecule has 33 heavy (non-hydrogen) atoms. The van der Waals surface area contributed by atoms with Gasteiger partial charge in [0.2, 0.25) is 0 Å². The third-order valence-corrected chi connectivity index (χ3v) is 8.65. The summed E-state index contributed by atoms with van der Waals surface area (Å²) in [6.07, 6.45) is 5.61. The Labute approximate surface area is 197 Å². The number of aryl methyl sites for hydroxylation is 2. The number of rotatable bonds is 8. The molecule has 0 aliphatic carbocycles. The van der Waals surface area contributed by atoms with Gasteiger partial charge in [-0.25, -0.2) is 8.42 Å². The predicted molar refractivity (Wildman–Crippen MR) is 129 cm³/mol. The molecule has 1 unspecified atom stereocenters. The van der Waals surface area contributed by atoms with Crippen LogP contribution in [0.1, 0.15) is 56.2 Å². The first-order valence-corrected chi connectivity index (χ1v) is 13.5. The maximum absolute atomic E-state index is 13.7. The molecule has 1 saturated heterocycles. The maximum atomic E-state index is 13.7. The summed E-state index contributed by atoms with van der Waals surface area (Å²) in [7, 11) is -3.78. The third-order valence-electron chi connectivity index (χ3n) is 6.73. The molecular weight excluding hydrogens is 438 g/mol. The summed E-state index contributed by atoms with van der Waals surface area (Å²) < 4.78 is 40.4. The fourth-order valence-corrected chi connectivity index (χ4v) is 6.57. The van der Waals surface area contributed by atoms with Gasteiger partial charge in [-0.1, -0.05) is 25.5 Å². The van der Waals surface area contributed by atoms with E-state index in [1.807, 2.05) is 19.1 Å². The van der Waals surface area contributed by atoms with Crippen molar-refractivity contribution < 1.29 is 23.0 Å². The Morgan fingerprint density at radius 3 is 2.64 bits per heavy atom. The molecule has 0 spiro atoms. The average molecular weight is 474 g/mol. The van der Waals surface area contributed by atoms with Gasteiger partial charge in [-0.3, -0.25) is 4.31 Å². The molecule has 2 heterocycles. The maximum Gasteiger partial charge on any atom is 0.264 e. The van der Waals surface area contributed by atoms with E-state index in [4.69, 9.17) is 9.47 Å². The topological polar surface area (TPSA) is 76.1 Å². The van der Waals surface area contributed by atoms with E-state index >= 15 is 0 Å². The van der Waals surface area contributed by atoms with Crippen molar-refractivity contribution in [1.29, 1.82) is 0 Å². The minimum absolute atomic E-state index is 0.137. The molecule has 0 saturated carbocycles. The predicted octanol–water partition coefficient (Wildman–Crippen LogP) is 4.47. The van der Waals surface area contributed by atoms with Crippen molar-refractivity contribution in [2.75, 3.05) is 24.1 Å². The molecule has 0 bridgehead atoms. The summed E-state index contributed by atoms with van der Waals surface area (Å²) in [4.78, 5) is 0.183. The van der Waals surface area contributed by atoms with E-state index in [1.165, 1.54) is 5.56 Å². The zero-order valence-electron chi connectivity index (χ0n) is 19.6. The first-order valence-electron chi connectivity index (χ1n) is 12.0. The van der Waals surface area contributed by atoms with Crippen LogP contribution in [0.25, 0.3) is 0 Å². The molecule has 2 aromatic carbocycles. The van der Waals surface area contributed by atoms with Gasteiger partial charge >= 0.3 is 0 Å². The molecule has 180 valence electrons. The highest BCUT2D eigenvalue weighted by atomic mass is 32.2. The van der Waals surface area contributed by atoms with Crippen LogP contribution in [-0.4, -0.2) is 39.4 Å². The number of nitrogens with zero attached hydrogens (tertiary/aromatic N) is 1. The number of aliphatic hydroxyl groups excluding tert-OH is 1. The van der Waals surface area contributed by atoms with Crippen molar-refractivity contribution in [3.63, 3.8) is 0 Å². The Hall–Kier alpha value is -2.09. The number of ether oxygens (including phenoxy) is 2. The van der Waals surface area contributed by atoms with Crippen LogP contribution in [-0.2, 0) is 34.2 Å². The number of hydrogen-bond acceptors (Lipinski definition) is 5. The van der Waals surface area contributed by atoms with Gasteiger partial charge in [-0.2, -0.15) is 0 Å². The van der Waals surface area contributed by atoms with Crippen molar-refractivity contribution in [3.8, 4) is 5.75 Å². The summed E-state index contributed by atoms with van der Waals surface area (Å²) >= 11 is 0. The summed E-state index contributed by atoms with van der Waals surface area (Å²) in [6, 6.07) is 10.8. The van der Waals surface area contributed by atoms with Crippen molar-refractivity contribution in [2.24, 2.45) is 5.92 Å². The van der Waals surface area contributed by atoms with E-state index < -0.39 is 10.0 Å². The molecule has 0 amide bonds. The van der Waals surface area contributed by atoms with Crippen LogP contribution in [0.3, 0.4) is 0 Å². The Kier molecular flexibility index (Phi) is 7.62. The monoisotopic (exact) mass is 473 g/mol. The Morgan fingerprint density at radius 2 is 1.91 bits per heavy atom. The van der Waals surface area contributed by atoms with Crippen LogP contribution >= 0.6 is 0 Å². The largest absolute Gasteiger partial charge is 0.493 e. The number of benzene rings is 2. The molecule has 1 atom stereocenters. The molecule has 7 heteroatoms. The van der Waals surface area contributed by atoms with Crippen molar-refractivity contribution >= 4 is 15.7 Å². The molecule has 6 nitrogen and oxygen atoms in total. The standard InChI is InChI=1S/C26H35NO5S/c1-3-4-20-6-9-25-22(15-20)7-5-19(2)27(25)33(29,30)24-8-10-26(23(16-24)17-28)32-18-21-11-13-31-14-12-21/h6,8-10,15-16,19,21,28H,3-5,7,11-14,17-18H2,1-2H3. The van der Waals surface area contributed by atoms with Crippen LogP contribution in [0.4, 0.5) is 5.69 Å². The first kappa shape index (κ1) is 24.0. The van der Waals surface area contributed by atoms with Crippen LogP contribution < -0.4 is 9.04 Å². The van der Waals surface area contributed by atoms with Crippen molar-refractivity contribution in [3.05, 3.63) is 53.1 Å². The van der Waals surface area contributed by atoms with Gasteiger partial charge < -0.3 is 14.6 Å². The molecule has 0 aromatic heterocycles. The van der Waals surface area contributed by atoms with Gasteiger partial charge in [-0.05, 0) is 80.3 Å². The van der Waals surface area contributed by atoms with Crippen LogP contribution in [0.2, 0.25) is 0 Å². The summed E-state index contributed by atoms with van der Waals surface area (Å²) in [6.45, 7) is 5.85. The van der Waals surface area contributed by atoms with Crippen LogP contribution in [0.5, 0.6) is 5.75 Å².